The van der Waals surface area contributed by atoms with Gasteiger partial charge in [0.1, 0.15) is 13.2 Å². The fraction of sp³-hybridized carbons (Fsp3) is 0.848. The summed E-state index contributed by atoms with van der Waals surface area (Å²) in [5.74, 6) is -0.906. The topological polar surface area (TPSA) is 78.9 Å². The lowest BCUT2D eigenvalue weighted by Gasteiger charge is -2.18. The average Bonchev–Trinajstić information content (AvgIpc) is 3.14. The second kappa shape index (κ2) is 41.6. The summed E-state index contributed by atoms with van der Waals surface area (Å²) in [5.41, 5.74) is 0. The molecule has 0 radical (unpaired) electrons. The lowest BCUT2D eigenvalue weighted by molar-refractivity contribution is -0.167. The van der Waals surface area contributed by atoms with Gasteiger partial charge in [-0.05, 0) is 44.9 Å². The number of hydrogen-bond acceptors (Lipinski definition) is 6. The van der Waals surface area contributed by atoms with Gasteiger partial charge in [0.15, 0.2) is 6.10 Å². The summed E-state index contributed by atoms with van der Waals surface area (Å²) in [6.07, 6.45) is 44.5. The Morgan fingerprint density at radius 1 is 0.385 bits per heavy atom. The molecule has 0 aromatic carbocycles. The van der Waals surface area contributed by atoms with Crippen LogP contribution in [0.1, 0.15) is 233 Å². The van der Waals surface area contributed by atoms with E-state index in [9.17, 15) is 14.4 Å². The molecule has 0 N–H and O–H groups in total. The number of carbonyl (C=O) groups is 3. The summed E-state index contributed by atoms with van der Waals surface area (Å²) in [7, 11) is 0. The Hall–Kier alpha value is -2.11. The molecule has 0 rings (SSSR count). The van der Waals surface area contributed by atoms with Gasteiger partial charge in [-0.25, -0.2) is 0 Å². The molecule has 0 saturated carbocycles. The Kier molecular flexibility index (Phi) is 40.0. The van der Waals surface area contributed by atoms with Crippen molar-refractivity contribution < 1.29 is 28.6 Å². The highest BCUT2D eigenvalue weighted by molar-refractivity contribution is 5.71. The molecular formula is C46H84O6. The number of allylic oxidation sites excluding steroid dienone is 4. The summed E-state index contributed by atoms with van der Waals surface area (Å²) < 4.78 is 16.6. The van der Waals surface area contributed by atoms with Crippen molar-refractivity contribution in [3.63, 3.8) is 0 Å². The van der Waals surface area contributed by atoms with E-state index >= 15 is 0 Å². The first-order valence-electron chi connectivity index (χ1n) is 22.4. The first kappa shape index (κ1) is 49.9. The molecule has 0 aliphatic rings. The first-order valence-corrected chi connectivity index (χ1v) is 22.4. The molecule has 0 aliphatic heterocycles. The molecule has 1 atom stereocenters. The molecule has 6 heteroatoms. The van der Waals surface area contributed by atoms with Crippen LogP contribution in [0, 0.1) is 0 Å². The van der Waals surface area contributed by atoms with Crippen LogP contribution in [0.4, 0.5) is 0 Å². The van der Waals surface area contributed by atoms with Gasteiger partial charge in [0, 0.05) is 19.3 Å². The Morgan fingerprint density at radius 2 is 0.673 bits per heavy atom. The largest absolute Gasteiger partial charge is 0.462 e. The maximum absolute atomic E-state index is 12.6. The van der Waals surface area contributed by atoms with E-state index in [1.54, 1.807) is 0 Å². The maximum atomic E-state index is 12.6. The molecule has 0 heterocycles. The summed E-state index contributed by atoms with van der Waals surface area (Å²) in [5, 5.41) is 0. The van der Waals surface area contributed by atoms with Gasteiger partial charge < -0.3 is 14.2 Å². The molecule has 0 amide bonds. The van der Waals surface area contributed by atoms with Crippen molar-refractivity contribution in [3.05, 3.63) is 24.3 Å². The third-order valence-electron chi connectivity index (χ3n) is 9.74. The Morgan fingerprint density at radius 3 is 1.04 bits per heavy atom. The monoisotopic (exact) mass is 733 g/mol. The molecule has 52 heavy (non-hydrogen) atoms. The van der Waals surface area contributed by atoms with Crippen LogP contribution in [0.15, 0.2) is 24.3 Å². The standard InChI is InChI=1S/C46H84O6/c1-4-7-10-13-16-19-20-21-22-23-24-25-28-30-33-36-39-45(48)51-42-43(52-46(49)40-37-34-31-27-18-15-12-9-6-3)41-50-44(47)38-35-32-29-26-17-14-11-8-5-2/h22-25,43H,4-21,26-42H2,1-3H3/b23-22-,25-24-. The minimum Gasteiger partial charge on any atom is -0.462 e. The number of carbonyl (C=O) groups excluding carboxylic acids is 3. The molecular weight excluding hydrogens is 648 g/mol. The summed E-state index contributed by atoms with van der Waals surface area (Å²) in [6, 6.07) is 0. The number of rotatable bonds is 40. The predicted octanol–water partition coefficient (Wildman–Crippen LogP) is 14.0. The minimum atomic E-state index is -0.772. The van der Waals surface area contributed by atoms with E-state index in [1.807, 2.05) is 0 Å². The molecule has 0 aromatic rings. The van der Waals surface area contributed by atoms with E-state index in [1.165, 1.54) is 122 Å². The van der Waals surface area contributed by atoms with Crippen LogP contribution in [0.3, 0.4) is 0 Å². The van der Waals surface area contributed by atoms with Gasteiger partial charge in [-0.15, -0.1) is 0 Å². The van der Waals surface area contributed by atoms with E-state index in [4.69, 9.17) is 14.2 Å². The normalized spacial score (nSPS) is 12.1. The van der Waals surface area contributed by atoms with Gasteiger partial charge >= 0.3 is 17.9 Å². The maximum Gasteiger partial charge on any atom is 0.306 e. The van der Waals surface area contributed by atoms with Crippen molar-refractivity contribution in [1.82, 2.24) is 0 Å². The zero-order valence-corrected chi connectivity index (χ0v) is 34.6. The minimum absolute atomic E-state index is 0.0765. The smallest absolute Gasteiger partial charge is 0.306 e. The molecule has 0 aliphatic carbocycles. The van der Waals surface area contributed by atoms with Gasteiger partial charge in [0.05, 0.1) is 0 Å². The van der Waals surface area contributed by atoms with Crippen molar-refractivity contribution in [2.75, 3.05) is 13.2 Å². The summed E-state index contributed by atoms with van der Waals surface area (Å²) in [4.78, 5) is 37.5. The number of hydrogen-bond donors (Lipinski definition) is 0. The van der Waals surface area contributed by atoms with E-state index in [-0.39, 0.29) is 31.1 Å². The molecule has 304 valence electrons. The lowest BCUT2D eigenvalue weighted by Crippen LogP contribution is -2.30. The number of ether oxygens (including phenoxy) is 3. The van der Waals surface area contributed by atoms with E-state index in [0.29, 0.717) is 19.3 Å². The van der Waals surface area contributed by atoms with Gasteiger partial charge in [0.25, 0.3) is 0 Å². The quantitative estimate of drug-likeness (QED) is 0.0270. The fourth-order valence-electron chi connectivity index (χ4n) is 6.31. The fourth-order valence-corrected chi connectivity index (χ4v) is 6.31. The number of unbranched alkanes of at least 4 members (excludes halogenated alkanes) is 26. The zero-order valence-electron chi connectivity index (χ0n) is 34.6. The van der Waals surface area contributed by atoms with Crippen LogP contribution in [0.25, 0.3) is 0 Å². The summed E-state index contributed by atoms with van der Waals surface area (Å²) in [6.45, 7) is 6.57. The van der Waals surface area contributed by atoms with Gasteiger partial charge in [-0.2, -0.15) is 0 Å². The van der Waals surface area contributed by atoms with Gasteiger partial charge in [0.2, 0.25) is 0 Å². The zero-order chi connectivity index (χ0) is 38.0. The van der Waals surface area contributed by atoms with Crippen LogP contribution < -0.4 is 0 Å². The van der Waals surface area contributed by atoms with Crippen molar-refractivity contribution in [2.45, 2.75) is 239 Å². The van der Waals surface area contributed by atoms with Crippen molar-refractivity contribution in [1.29, 1.82) is 0 Å². The van der Waals surface area contributed by atoms with Crippen molar-refractivity contribution in [3.8, 4) is 0 Å². The SMILES string of the molecule is CCCCCCCCC/C=C\C=C/CCCCCC(=O)OCC(COC(=O)CCCCCCCCCCC)OC(=O)CCCCCCCCCCC. The summed E-state index contributed by atoms with van der Waals surface area (Å²) >= 11 is 0. The van der Waals surface area contributed by atoms with Gasteiger partial charge in [-0.3, -0.25) is 14.4 Å². The molecule has 0 aromatic heterocycles. The van der Waals surface area contributed by atoms with Crippen LogP contribution in [-0.2, 0) is 28.6 Å². The molecule has 6 nitrogen and oxygen atoms in total. The second-order valence-corrected chi connectivity index (χ2v) is 15.0. The molecule has 1 unspecified atom stereocenters. The Bertz CT molecular complexity index is 850. The van der Waals surface area contributed by atoms with E-state index < -0.39 is 6.10 Å². The highest BCUT2D eigenvalue weighted by Gasteiger charge is 2.19. The molecule has 0 fully saturated rings. The predicted molar refractivity (Wildman–Crippen MR) is 219 cm³/mol. The third-order valence-corrected chi connectivity index (χ3v) is 9.74. The van der Waals surface area contributed by atoms with Crippen LogP contribution in [0.5, 0.6) is 0 Å². The highest BCUT2D eigenvalue weighted by Crippen LogP contribution is 2.14. The van der Waals surface area contributed by atoms with Crippen LogP contribution in [-0.4, -0.2) is 37.2 Å². The molecule has 0 bridgehead atoms. The van der Waals surface area contributed by atoms with Crippen molar-refractivity contribution in [2.24, 2.45) is 0 Å². The van der Waals surface area contributed by atoms with E-state index in [2.05, 4.69) is 45.1 Å². The lowest BCUT2D eigenvalue weighted by atomic mass is 10.1. The second-order valence-electron chi connectivity index (χ2n) is 15.0. The number of esters is 3. The Labute approximate surface area is 322 Å². The molecule has 0 saturated heterocycles. The van der Waals surface area contributed by atoms with E-state index in [0.717, 1.165) is 70.6 Å². The highest BCUT2D eigenvalue weighted by atomic mass is 16.6. The van der Waals surface area contributed by atoms with Gasteiger partial charge in [-0.1, -0.05) is 193 Å². The third kappa shape index (κ3) is 39.1. The van der Waals surface area contributed by atoms with Crippen LogP contribution >= 0.6 is 0 Å². The van der Waals surface area contributed by atoms with Crippen molar-refractivity contribution >= 4 is 17.9 Å². The van der Waals surface area contributed by atoms with Crippen LogP contribution in [0.2, 0.25) is 0 Å². The average molecular weight is 733 g/mol. The first-order chi connectivity index (χ1) is 25.5. The molecule has 0 spiro atoms. The Balaban J connectivity index is 4.34.